The van der Waals surface area contributed by atoms with E-state index in [0.717, 1.165) is 0 Å². The molecule has 0 saturated heterocycles. The van der Waals surface area contributed by atoms with Crippen LogP contribution in [0.5, 0.6) is 0 Å². The van der Waals surface area contributed by atoms with Gasteiger partial charge >= 0.3 is 0 Å². The lowest BCUT2D eigenvalue weighted by molar-refractivity contribution is -0.119. The number of hydrogen-bond acceptors (Lipinski definition) is 4. The highest BCUT2D eigenvalue weighted by atomic mass is 35.5. The fourth-order valence-corrected chi connectivity index (χ4v) is 2.13. The van der Waals surface area contributed by atoms with Gasteiger partial charge in [0.05, 0.1) is 10.6 Å². The van der Waals surface area contributed by atoms with Crippen molar-refractivity contribution in [3.63, 3.8) is 0 Å². The molecule has 0 bridgehead atoms. The Hall–Kier alpha value is -2.41. The van der Waals surface area contributed by atoms with Crippen molar-refractivity contribution in [1.82, 2.24) is 10.5 Å². The molecule has 1 unspecified atom stereocenters. The van der Waals surface area contributed by atoms with E-state index in [4.69, 9.17) is 21.9 Å². The van der Waals surface area contributed by atoms with Crippen LogP contribution in [-0.2, 0) is 4.79 Å². The molecule has 8 heteroatoms. The van der Waals surface area contributed by atoms with Crippen LogP contribution in [0.25, 0.3) is 11.3 Å². The van der Waals surface area contributed by atoms with Crippen molar-refractivity contribution in [2.45, 2.75) is 19.9 Å². The zero-order valence-corrected chi connectivity index (χ0v) is 12.6. The third kappa shape index (κ3) is 2.94. The second-order valence-corrected chi connectivity index (χ2v) is 5.06. The van der Waals surface area contributed by atoms with Gasteiger partial charge in [-0.2, -0.15) is 0 Å². The fourth-order valence-electron chi connectivity index (χ4n) is 1.87. The minimum atomic E-state index is -0.897. The molecule has 0 radical (unpaired) electrons. The smallest absolute Gasteiger partial charge is 0.257 e. The third-order valence-corrected chi connectivity index (χ3v) is 3.38. The average molecular weight is 326 g/mol. The van der Waals surface area contributed by atoms with Crippen LogP contribution in [0, 0.1) is 12.7 Å². The van der Waals surface area contributed by atoms with Gasteiger partial charge in [0.2, 0.25) is 5.91 Å². The molecule has 1 atom stereocenters. The van der Waals surface area contributed by atoms with Crippen LogP contribution >= 0.6 is 11.6 Å². The van der Waals surface area contributed by atoms with E-state index in [9.17, 15) is 14.0 Å². The molecule has 6 nitrogen and oxygen atoms in total. The molecule has 0 saturated carbocycles. The van der Waals surface area contributed by atoms with Crippen molar-refractivity contribution in [2.24, 2.45) is 5.73 Å². The maximum Gasteiger partial charge on any atom is 0.257 e. The first-order valence-electron chi connectivity index (χ1n) is 6.33. The zero-order valence-electron chi connectivity index (χ0n) is 11.8. The molecule has 0 aliphatic carbocycles. The molecular weight excluding hydrogens is 313 g/mol. The van der Waals surface area contributed by atoms with Crippen LogP contribution < -0.4 is 11.1 Å². The van der Waals surface area contributed by atoms with Gasteiger partial charge < -0.3 is 15.6 Å². The molecule has 1 aromatic heterocycles. The molecule has 116 valence electrons. The Morgan fingerprint density at radius 3 is 2.73 bits per heavy atom. The first-order chi connectivity index (χ1) is 10.3. The Morgan fingerprint density at radius 2 is 2.14 bits per heavy atom. The molecule has 0 fully saturated rings. The van der Waals surface area contributed by atoms with E-state index in [1.165, 1.54) is 32.0 Å². The van der Waals surface area contributed by atoms with Gasteiger partial charge in [-0.25, -0.2) is 4.39 Å². The van der Waals surface area contributed by atoms with Crippen LogP contribution in [0.15, 0.2) is 22.7 Å². The highest BCUT2D eigenvalue weighted by Crippen LogP contribution is 2.33. The minimum absolute atomic E-state index is 0.0000926. The van der Waals surface area contributed by atoms with Crippen LogP contribution in [0.3, 0.4) is 0 Å². The van der Waals surface area contributed by atoms with E-state index in [2.05, 4.69) is 10.5 Å². The van der Waals surface area contributed by atoms with Gasteiger partial charge in [-0.15, -0.1) is 0 Å². The van der Waals surface area contributed by atoms with Crippen LogP contribution in [0.1, 0.15) is 23.0 Å². The molecule has 2 aromatic rings. The monoisotopic (exact) mass is 325 g/mol. The van der Waals surface area contributed by atoms with Gasteiger partial charge in [-0.3, -0.25) is 9.59 Å². The van der Waals surface area contributed by atoms with E-state index in [1.807, 2.05) is 0 Å². The van der Waals surface area contributed by atoms with Gasteiger partial charge in [0.25, 0.3) is 5.91 Å². The Morgan fingerprint density at radius 1 is 1.45 bits per heavy atom. The number of halogens is 2. The molecule has 2 amide bonds. The first-order valence-corrected chi connectivity index (χ1v) is 6.71. The zero-order chi connectivity index (χ0) is 16.4. The summed E-state index contributed by atoms with van der Waals surface area (Å²) in [5.74, 6) is -1.83. The van der Waals surface area contributed by atoms with E-state index in [-0.39, 0.29) is 27.6 Å². The Labute approximate surface area is 130 Å². The number of nitrogens with one attached hydrogen (secondary N) is 1. The Balaban J connectivity index is 2.49. The maximum absolute atomic E-state index is 14.0. The quantitative estimate of drug-likeness (QED) is 0.898. The lowest BCUT2D eigenvalue weighted by atomic mass is 10.0. The molecule has 22 heavy (non-hydrogen) atoms. The number of carbonyl (C=O) groups excluding carboxylic acids is 2. The number of aromatic nitrogens is 1. The SMILES string of the molecule is Cc1onc(-c2c(F)cccc2Cl)c1C(=O)NC(C)C(N)=O. The lowest BCUT2D eigenvalue weighted by Crippen LogP contribution is -2.42. The standard InChI is InChI=1S/C14H13ClFN3O3/c1-6(13(17)20)18-14(21)10-7(2)22-19-12(10)11-8(15)4-3-5-9(11)16/h3-6H,1-2H3,(H2,17,20)(H,18,21). The fraction of sp³-hybridized carbons (Fsp3) is 0.214. The molecule has 3 N–H and O–H groups in total. The lowest BCUT2D eigenvalue weighted by Gasteiger charge is -2.10. The van der Waals surface area contributed by atoms with Gasteiger partial charge in [0, 0.05) is 0 Å². The summed E-state index contributed by atoms with van der Waals surface area (Å²) in [6, 6.07) is 3.20. The highest BCUT2D eigenvalue weighted by Gasteiger charge is 2.26. The molecule has 2 rings (SSSR count). The Kier molecular flexibility index (Phi) is 4.46. The minimum Gasteiger partial charge on any atom is -0.368 e. The average Bonchev–Trinajstić information content (AvgIpc) is 2.80. The predicted octanol–water partition coefficient (Wildman–Crippen LogP) is 2.05. The number of carbonyl (C=O) groups is 2. The molecule has 0 aliphatic rings. The number of nitrogens with zero attached hydrogens (tertiary/aromatic N) is 1. The first kappa shape index (κ1) is 16.0. The maximum atomic E-state index is 14.0. The normalized spacial score (nSPS) is 12.0. The molecule has 0 spiro atoms. The number of hydrogen-bond donors (Lipinski definition) is 2. The molecular formula is C14H13ClFN3O3. The second-order valence-electron chi connectivity index (χ2n) is 4.66. The van der Waals surface area contributed by atoms with E-state index >= 15 is 0 Å². The van der Waals surface area contributed by atoms with Gasteiger partial charge in [-0.05, 0) is 26.0 Å². The summed E-state index contributed by atoms with van der Waals surface area (Å²) in [5.41, 5.74) is 5.02. The number of aryl methyl sites for hydroxylation is 1. The number of rotatable bonds is 4. The number of nitrogens with two attached hydrogens (primary N) is 1. The van der Waals surface area contributed by atoms with Crippen molar-refractivity contribution in [2.75, 3.05) is 0 Å². The van der Waals surface area contributed by atoms with Crippen LogP contribution in [0.2, 0.25) is 5.02 Å². The van der Waals surface area contributed by atoms with E-state index in [0.29, 0.717) is 0 Å². The highest BCUT2D eigenvalue weighted by molar-refractivity contribution is 6.33. The number of amides is 2. The molecule has 1 heterocycles. The summed E-state index contributed by atoms with van der Waals surface area (Å²) in [6.07, 6.45) is 0. The summed E-state index contributed by atoms with van der Waals surface area (Å²) in [4.78, 5) is 23.3. The summed E-state index contributed by atoms with van der Waals surface area (Å²) < 4.78 is 19.0. The van der Waals surface area contributed by atoms with Crippen molar-refractivity contribution >= 4 is 23.4 Å². The predicted molar refractivity (Wildman–Crippen MR) is 77.8 cm³/mol. The molecule has 1 aromatic carbocycles. The van der Waals surface area contributed by atoms with Crippen molar-refractivity contribution < 1.29 is 18.5 Å². The number of primary amides is 1. The van der Waals surface area contributed by atoms with Gasteiger partial charge in [0.15, 0.2) is 0 Å². The van der Waals surface area contributed by atoms with Crippen LogP contribution in [0.4, 0.5) is 4.39 Å². The topological polar surface area (TPSA) is 98.2 Å². The van der Waals surface area contributed by atoms with Crippen LogP contribution in [-0.4, -0.2) is 23.0 Å². The third-order valence-electron chi connectivity index (χ3n) is 3.06. The van der Waals surface area contributed by atoms with Gasteiger partial charge in [0.1, 0.15) is 28.9 Å². The summed E-state index contributed by atoms with van der Waals surface area (Å²) in [7, 11) is 0. The number of benzene rings is 1. The second kappa shape index (κ2) is 6.15. The van der Waals surface area contributed by atoms with Crippen molar-refractivity contribution in [3.8, 4) is 11.3 Å². The summed E-state index contributed by atoms with van der Waals surface area (Å²) in [5, 5.41) is 6.19. The van der Waals surface area contributed by atoms with E-state index < -0.39 is 23.7 Å². The summed E-state index contributed by atoms with van der Waals surface area (Å²) >= 11 is 5.98. The van der Waals surface area contributed by atoms with Gasteiger partial charge in [-0.1, -0.05) is 22.8 Å². The van der Waals surface area contributed by atoms with Crippen molar-refractivity contribution in [3.05, 3.63) is 40.4 Å². The summed E-state index contributed by atoms with van der Waals surface area (Å²) in [6.45, 7) is 2.92. The van der Waals surface area contributed by atoms with E-state index in [1.54, 1.807) is 0 Å². The molecule has 0 aliphatic heterocycles. The van der Waals surface area contributed by atoms with Crippen molar-refractivity contribution in [1.29, 1.82) is 0 Å². The largest absolute Gasteiger partial charge is 0.368 e. The Bertz CT molecular complexity index is 725.